The first-order valence-electron chi connectivity index (χ1n) is 9.13. The lowest BCUT2D eigenvalue weighted by Crippen LogP contribution is -2.40. The van der Waals surface area contributed by atoms with Gasteiger partial charge >= 0.3 is 0 Å². The van der Waals surface area contributed by atoms with Gasteiger partial charge < -0.3 is 14.6 Å². The van der Waals surface area contributed by atoms with Crippen LogP contribution in [0.4, 0.5) is 0 Å². The number of aromatic amines is 1. The van der Waals surface area contributed by atoms with Crippen LogP contribution in [0.15, 0.2) is 42.7 Å². The molecular weight excluding hydrogens is 326 g/mol. The largest absolute Gasteiger partial charge is 0.378 e. The molecule has 26 heavy (non-hydrogen) atoms. The number of morpholine rings is 1. The summed E-state index contributed by atoms with van der Waals surface area (Å²) >= 11 is 0. The molecule has 0 bridgehead atoms. The highest BCUT2D eigenvalue weighted by molar-refractivity contribution is 5.96. The second-order valence-electron chi connectivity index (χ2n) is 6.08. The standard InChI is InChI=1S/C19H19N3O2.C2H6/c1-13-11-20-18-17(13)10-16(12-21-18)14-3-2-4-15(9-14)19(23)22-5-7-24-8-6-22;1-2/h2-4,9-12H,5-8H2,1H3,(H,20,21);1-2H3. The van der Waals surface area contributed by atoms with Crippen molar-refractivity contribution in [1.82, 2.24) is 14.9 Å². The minimum atomic E-state index is 0.0620. The van der Waals surface area contributed by atoms with Crippen LogP contribution in [0.25, 0.3) is 22.2 Å². The number of rotatable bonds is 2. The number of fused-ring (bicyclic) bond motifs is 1. The van der Waals surface area contributed by atoms with Crippen molar-refractivity contribution in [2.45, 2.75) is 20.8 Å². The second-order valence-corrected chi connectivity index (χ2v) is 6.08. The molecule has 0 saturated carbocycles. The molecule has 4 rings (SSSR count). The number of nitrogens with zero attached hydrogens (tertiary/aromatic N) is 2. The molecule has 5 nitrogen and oxygen atoms in total. The first-order valence-corrected chi connectivity index (χ1v) is 9.13. The average Bonchev–Trinajstić information content (AvgIpc) is 3.10. The Morgan fingerprint density at radius 2 is 1.92 bits per heavy atom. The van der Waals surface area contributed by atoms with Gasteiger partial charge in [0.25, 0.3) is 5.91 Å². The third kappa shape index (κ3) is 3.63. The first-order chi connectivity index (χ1) is 12.7. The lowest BCUT2D eigenvalue weighted by Gasteiger charge is -2.27. The highest BCUT2D eigenvalue weighted by Gasteiger charge is 2.18. The van der Waals surface area contributed by atoms with Crippen LogP contribution in [0.3, 0.4) is 0 Å². The van der Waals surface area contributed by atoms with Crippen molar-refractivity contribution in [2.75, 3.05) is 26.3 Å². The number of amides is 1. The number of carbonyl (C=O) groups is 1. The molecule has 1 amide bonds. The number of hydrogen-bond donors (Lipinski definition) is 1. The summed E-state index contributed by atoms with van der Waals surface area (Å²) in [7, 11) is 0. The fraction of sp³-hybridized carbons (Fsp3) is 0.333. The van der Waals surface area contributed by atoms with Gasteiger partial charge in [-0.3, -0.25) is 4.79 Å². The van der Waals surface area contributed by atoms with Crippen LogP contribution in [0.2, 0.25) is 0 Å². The summed E-state index contributed by atoms with van der Waals surface area (Å²) in [4.78, 5) is 22.1. The third-order valence-corrected chi connectivity index (χ3v) is 4.48. The highest BCUT2D eigenvalue weighted by atomic mass is 16.5. The molecule has 0 radical (unpaired) electrons. The zero-order valence-electron chi connectivity index (χ0n) is 15.6. The maximum absolute atomic E-state index is 12.7. The number of hydrogen-bond acceptors (Lipinski definition) is 3. The Bertz CT molecular complexity index is 895. The molecule has 2 aromatic heterocycles. The van der Waals surface area contributed by atoms with Gasteiger partial charge in [-0.15, -0.1) is 0 Å². The third-order valence-electron chi connectivity index (χ3n) is 4.48. The number of nitrogens with one attached hydrogen (secondary N) is 1. The van der Waals surface area contributed by atoms with Crippen molar-refractivity contribution >= 4 is 16.9 Å². The van der Waals surface area contributed by atoms with Crippen LogP contribution in [-0.2, 0) is 4.74 Å². The van der Waals surface area contributed by atoms with Crippen LogP contribution in [0, 0.1) is 6.92 Å². The maximum Gasteiger partial charge on any atom is 0.254 e. The molecular formula is C21H25N3O2. The van der Waals surface area contributed by atoms with Gasteiger partial charge in [-0.2, -0.15) is 0 Å². The van der Waals surface area contributed by atoms with Crippen LogP contribution >= 0.6 is 0 Å². The van der Waals surface area contributed by atoms with E-state index < -0.39 is 0 Å². The Labute approximate surface area is 154 Å². The van der Waals surface area contributed by atoms with E-state index in [-0.39, 0.29) is 5.91 Å². The molecule has 0 spiro atoms. The van der Waals surface area contributed by atoms with Gasteiger partial charge in [0.05, 0.1) is 13.2 Å². The van der Waals surface area contributed by atoms with Gasteiger partial charge in [0.2, 0.25) is 0 Å². The normalized spacial score (nSPS) is 14.0. The smallest absolute Gasteiger partial charge is 0.254 e. The van der Waals surface area contributed by atoms with Crippen molar-refractivity contribution in [3.8, 4) is 11.1 Å². The molecule has 1 aromatic carbocycles. The minimum Gasteiger partial charge on any atom is -0.378 e. The molecule has 3 heterocycles. The summed E-state index contributed by atoms with van der Waals surface area (Å²) in [5.74, 6) is 0.0620. The number of aryl methyl sites for hydroxylation is 1. The van der Waals surface area contributed by atoms with E-state index in [1.54, 1.807) is 0 Å². The average molecular weight is 351 g/mol. The molecule has 1 N–H and O–H groups in total. The van der Waals surface area contributed by atoms with Gasteiger partial charge in [0, 0.05) is 42.0 Å². The van der Waals surface area contributed by atoms with Crippen LogP contribution in [0.5, 0.6) is 0 Å². The van der Waals surface area contributed by atoms with E-state index in [1.807, 2.05) is 55.4 Å². The minimum absolute atomic E-state index is 0.0620. The Morgan fingerprint density at radius 1 is 1.15 bits per heavy atom. The van der Waals surface area contributed by atoms with E-state index in [1.165, 1.54) is 5.56 Å². The number of benzene rings is 1. The Morgan fingerprint density at radius 3 is 2.69 bits per heavy atom. The molecule has 3 aromatic rings. The first kappa shape index (κ1) is 18.1. The van der Waals surface area contributed by atoms with Crippen molar-refractivity contribution in [2.24, 2.45) is 0 Å². The van der Waals surface area contributed by atoms with Crippen LogP contribution in [-0.4, -0.2) is 47.1 Å². The van der Waals surface area contributed by atoms with E-state index in [9.17, 15) is 4.79 Å². The van der Waals surface area contributed by atoms with Crippen molar-refractivity contribution < 1.29 is 9.53 Å². The van der Waals surface area contributed by atoms with Gasteiger partial charge in [-0.1, -0.05) is 26.0 Å². The Hall–Kier alpha value is -2.66. The van der Waals surface area contributed by atoms with E-state index in [4.69, 9.17) is 4.74 Å². The second kappa shape index (κ2) is 8.15. The fourth-order valence-corrected chi connectivity index (χ4v) is 3.07. The molecule has 0 aliphatic carbocycles. The van der Waals surface area contributed by atoms with Gasteiger partial charge in [0.1, 0.15) is 5.65 Å². The van der Waals surface area contributed by atoms with Crippen LogP contribution in [0.1, 0.15) is 29.8 Å². The van der Waals surface area contributed by atoms with Crippen molar-refractivity contribution in [3.05, 3.63) is 53.9 Å². The fourth-order valence-electron chi connectivity index (χ4n) is 3.07. The molecule has 1 fully saturated rings. The van der Waals surface area contributed by atoms with E-state index in [0.717, 1.165) is 22.2 Å². The number of pyridine rings is 1. The van der Waals surface area contributed by atoms with Crippen molar-refractivity contribution in [3.63, 3.8) is 0 Å². The summed E-state index contributed by atoms with van der Waals surface area (Å²) < 4.78 is 5.32. The summed E-state index contributed by atoms with van der Waals surface area (Å²) in [5.41, 5.74) is 4.78. The number of carbonyl (C=O) groups excluding carboxylic acids is 1. The van der Waals surface area contributed by atoms with Gasteiger partial charge in [-0.05, 0) is 36.2 Å². The summed E-state index contributed by atoms with van der Waals surface area (Å²) in [6.45, 7) is 8.58. The van der Waals surface area contributed by atoms with E-state index in [2.05, 4.69) is 23.0 Å². The Balaban J connectivity index is 0.000000948. The number of aromatic nitrogens is 2. The Kier molecular flexibility index (Phi) is 5.68. The molecule has 1 aliphatic rings. The lowest BCUT2D eigenvalue weighted by molar-refractivity contribution is 0.0303. The van der Waals surface area contributed by atoms with Gasteiger partial charge in [0.15, 0.2) is 0 Å². The zero-order chi connectivity index (χ0) is 18.5. The monoisotopic (exact) mass is 351 g/mol. The molecule has 1 saturated heterocycles. The highest BCUT2D eigenvalue weighted by Crippen LogP contribution is 2.25. The topological polar surface area (TPSA) is 58.2 Å². The molecule has 1 aliphatic heterocycles. The summed E-state index contributed by atoms with van der Waals surface area (Å²) in [6, 6.07) is 9.88. The molecule has 5 heteroatoms. The molecule has 0 unspecified atom stereocenters. The van der Waals surface area contributed by atoms with E-state index in [0.29, 0.717) is 31.9 Å². The molecule has 136 valence electrons. The van der Waals surface area contributed by atoms with Crippen molar-refractivity contribution in [1.29, 1.82) is 0 Å². The quantitative estimate of drug-likeness (QED) is 0.758. The number of ether oxygens (including phenoxy) is 1. The zero-order valence-corrected chi connectivity index (χ0v) is 15.6. The summed E-state index contributed by atoms with van der Waals surface area (Å²) in [5, 5.41) is 1.11. The number of H-pyrrole nitrogens is 1. The molecule has 0 atom stereocenters. The lowest BCUT2D eigenvalue weighted by atomic mass is 10.0. The van der Waals surface area contributed by atoms with E-state index >= 15 is 0 Å². The van der Waals surface area contributed by atoms with Crippen LogP contribution < -0.4 is 0 Å². The summed E-state index contributed by atoms with van der Waals surface area (Å²) in [6.07, 6.45) is 3.80. The predicted molar refractivity (Wildman–Crippen MR) is 104 cm³/mol. The maximum atomic E-state index is 12.7. The van der Waals surface area contributed by atoms with Gasteiger partial charge in [-0.25, -0.2) is 4.98 Å². The SMILES string of the molecule is CC.Cc1c[nH]c2ncc(-c3cccc(C(=O)N4CCOCC4)c3)cc12. The predicted octanol–water partition coefficient (Wildman–Crippen LogP) is 4.04.